The number of amides is 1. The van der Waals surface area contributed by atoms with Gasteiger partial charge in [-0.15, -0.1) is 6.58 Å². The van der Waals surface area contributed by atoms with Gasteiger partial charge in [0.2, 0.25) is 0 Å². The third-order valence-corrected chi connectivity index (χ3v) is 5.80. The minimum atomic E-state index is -0.124. The van der Waals surface area contributed by atoms with Crippen LogP contribution in [0.5, 0.6) is 17.2 Å². The minimum absolute atomic E-state index is 0.124. The Labute approximate surface area is 190 Å². The first kappa shape index (κ1) is 22.2. The number of halogens is 1. The number of hydrogen-bond acceptors (Lipinski definition) is 6. The molecule has 0 aliphatic carbocycles. The van der Waals surface area contributed by atoms with Gasteiger partial charge in [-0.2, -0.15) is 0 Å². The lowest BCUT2D eigenvalue weighted by atomic mass is 10.2. The minimum Gasteiger partial charge on any atom is -0.493 e. The molecule has 2 aromatic carbocycles. The van der Waals surface area contributed by atoms with Gasteiger partial charge in [0, 0.05) is 6.54 Å². The average Bonchev–Trinajstić information content (AvgIpc) is 3.00. The summed E-state index contributed by atoms with van der Waals surface area (Å²) in [4.78, 5) is 14.6. The first-order valence-electron chi connectivity index (χ1n) is 9.08. The Bertz CT molecular complexity index is 993. The van der Waals surface area contributed by atoms with Gasteiger partial charge in [-0.3, -0.25) is 9.69 Å². The molecule has 8 heteroatoms. The second kappa shape index (κ2) is 10.5. The van der Waals surface area contributed by atoms with Gasteiger partial charge in [0.15, 0.2) is 11.5 Å². The number of thiocarbonyl (C=S) groups is 1. The van der Waals surface area contributed by atoms with Crippen molar-refractivity contribution in [1.29, 1.82) is 0 Å². The van der Waals surface area contributed by atoms with Crippen LogP contribution in [-0.4, -0.2) is 42.0 Å². The first-order valence-corrected chi connectivity index (χ1v) is 10.7. The second-order valence-corrected chi connectivity index (χ2v) is 8.20. The lowest BCUT2D eigenvalue weighted by Crippen LogP contribution is -2.27. The van der Waals surface area contributed by atoms with Crippen LogP contribution < -0.4 is 14.2 Å². The third-order valence-electron chi connectivity index (χ3n) is 4.11. The van der Waals surface area contributed by atoms with Gasteiger partial charge in [-0.1, -0.05) is 59.9 Å². The van der Waals surface area contributed by atoms with E-state index in [1.54, 1.807) is 37.5 Å². The molecule has 0 N–H and O–H groups in total. The molecule has 0 aromatic heterocycles. The summed E-state index contributed by atoms with van der Waals surface area (Å²) in [6.07, 6.45) is 3.44. The van der Waals surface area contributed by atoms with Crippen molar-refractivity contribution >= 4 is 51.9 Å². The fraction of sp³-hybridized carbons (Fsp3) is 0.182. The monoisotopic (exact) mass is 461 g/mol. The fourth-order valence-corrected chi connectivity index (χ4v) is 4.16. The highest BCUT2D eigenvalue weighted by Gasteiger charge is 2.30. The molecule has 0 bridgehead atoms. The van der Waals surface area contributed by atoms with E-state index in [-0.39, 0.29) is 5.91 Å². The van der Waals surface area contributed by atoms with E-state index in [1.165, 1.54) is 16.7 Å². The molecule has 0 spiro atoms. The van der Waals surface area contributed by atoms with Crippen molar-refractivity contribution in [2.24, 2.45) is 0 Å². The molecule has 0 radical (unpaired) electrons. The van der Waals surface area contributed by atoms with Crippen molar-refractivity contribution in [3.63, 3.8) is 0 Å². The van der Waals surface area contributed by atoms with Gasteiger partial charge < -0.3 is 14.2 Å². The molecule has 156 valence electrons. The van der Waals surface area contributed by atoms with Crippen LogP contribution in [-0.2, 0) is 4.79 Å². The maximum Gasteiger partial charge on any atom is 0.266 e. The molecule has 5 nitrogen and oxygen atoms in total. The first-order chi connectivity index (χ1) is 14.5. The summed E-state index contributed by atoms with van der Waals surface area (Å²) < 4.78 is 17.4. The standard InChI is InChI=1S/C22H20ClNO4S2/c1-3-10-24-21(25)20(30-22(24)29)14-15-8-9-18(19(13-15)26-2)28-12-11-27-17-7-5-4-6-16(17)23/h3-9,13-14H,1,10-12H2,2H3/b20-14+. The molecule has 1 aliphatic rings. The zero-order chi connectivity index (χ0) is 21.5. The molecular formula is C22H20ClNO4S2. The van der Waals surface area contributed by atoms with Gasteiger partial charge in [0.1, 0.15) is 23.3 Å². The summed E-state index contributed by atoms with van der Waals surface area (Å²) in [6, 6.07) is 12.7. The van der Waals surface area contributed by atoms with Gasteiger partial charge in [0.25, 0.3) is 5.91 Å². The molecule has 0 atom stereocenters. The number of carbonyl (C=O) groups excluding carboxylic acids is 1. The number of methoxy groups -OCH3 is 1. The van der Waals surface area contributed by atoms with E-state index in [0.717, 1.165) is 5.56 Å². The summed E-state index contributed by atoms with van der Waals surface area (Å²) in [5, 5.41) is 0.554. The Kier molecular flexibility index (Phi) is 7.79. The van der Waals surface area contributed by atoms with Gasteiger partial charge >= 0.3 is 0 Å². The highest BCUT2D eigenvalue weighted by Crippen LogP contribution is 2.34. The predicted octanol–water partition coefficient (Wildman–Crippen LogP) is 5.19. The molecule has 1 aliphatic heterocycles. The van der Waals surface area contributed by atoms with E-state index in [4.69, 9.17) is 38.0 Å². The smallest absolute Gasteiger partial charge is 0.266 e. The van der Waals surface area contributed by atoms with Crippen molar-refractivity contribution < 1.29 is 19.0 Å². The highest BCUT2D eigenvalue weighted by atomic mass is 35.5. The Morgan fingerprint density at radius 1 is 1.13 bits per heavy atom. The van der Waals surface area contributed by atoms with E-state index >= 15 is 0 Å². The lowest BCUT2D eigenvalue weighted by Gasteiger charge is -2.13. The van der Waals surface area contributed by atoms with Gasteiger partial charge in [-0.05, 0) is 35.9 Å². The Balaban J connectivity index is 1.63. The number of benzene rings is 2. The van der Waals surface area contributed by atoms with Crippen LogP contribution >= 0.6 is 35.6 Å². The lowest BCUT2D eigenvalue weighted by molar-refractivity contribution is -0.121. The fourth-order valence-electron chi connectivity index (χ4n) is 2.70. The van der Waals surface area contributed by atoms with E-state index < -0.39 is 0 Å². The van der Waals surface area contributed by atoms with E-state index in [1.807, 2.05) is 24.3 Å². The second-order valence-electron chi connectivity index (χ2n) is 6.12. The zero-order valence-corrected chi connectivity index (χ0v) is 18.7. The van der Waals surface area contributed by atoms with Gasteiger partial charge in [-0.25, -0.2) is 0 Å². The molecule has 0 unspecified atom stereocenters. The number of carbonyl (C=O) groups is 1. The molecule has 1 saturated heterocycles. The number of ether oxygens (including phenoxy) is 3. The Morgan fingerprint density at radius 2 is 1.87 bits per heavy atom. The maximum atomic E-state index is 12.5. The summed E-state index contributed by atoms with van der Waals surface area (Å²) in [7, 11) is 1.57. The molecule has 1 heterocycles. The normalized spacial score (nSPS) is 14.9. The van der Waals surface area contributed by atoms with Gasteiger partial charge in [0.05, 0.1) is 17.0 Å². The largest absolute Gasteiger partial charge is 0.493 e. The number of nitrogens with zero attached hydrogens (tertiary/aromatic N) is 1. The highest BCUT2D eigenvalue weighted by molar-refractivity contribution is 8.26. The number of hydrogen-bond donors (Lipinski definition) is 0. The number of rotatable bonds is 9. The molecule has 1 fully saturated rings. The Morgan fingerprint density at radius 3 is 2.57 bits per heavy atom. The topological polar surface area (TPSA) is 48.0 Å². The van der Waals surface area contributed by atoms with Crippen LogP contribution in [0.2, 0.25) is 5.02 Å². The van der Waals surface area contributed by atoms with E-state index in [9.17, 15) is 4.79 Å². The van der Waals surface area contributed by atoms with Crippen molar-refractivity contribution in [2.45, 2.75) is 0 Å². The van der Waals surface area contributed by atoms with E-state index in [0.29, 0.717) is 51.3 Å². The quantitative estimate of drug-likeness (QED) is 0.221. The number of thioether (sulfide) groups is 1. The van der Waals surface area contributed by atoms with Crippen molar-refractivity contribution in [1.82, 2.24) is 4.90 Å². The zero-order valence-electron chi connectivity index (χ0n) is 16.3. The van der Waals surface area contributed by atoms with Crippen molar-refractivity contribution in [3.8, 4) is 17.2 Å². The van der Waals surface area contributed by atoms with Crippen LogP contribution in [0, 0.1) is 0 Å². The average molecular weight is 462 g/mol. The van der Waals surface area contributed by atoms with Crippen LogP contribution in [0.1, 0.15) is 5.56 Å². The Hall–Kier alpha value is -2.48. The molecule has 1 amide bonds. The molecular weight excluding hydrogens is 442 g/mol. The summed E-state index contributed by atoms with van der Waals surface area (Å²) in [6.45, 7) is 4.71. The number of para-hydroxylation sites is 1. The molecule has 3 rings (SSSR count). The summed E-state index contributed by atoms with van der Waals surface area (Å²) >= 11 is 12.6. The summed E-state index contributed by atoms with van der Waals surface area (Å²) in [5.41, 5.74) is 0.811. The van der Waals surface area contributed by atoms with Crippen molar-refractivity contribution in [3.05, 3.63) is 70.6 Å². The van der Waals surface area contributed by atoms with E-state index in [2.05, 4.69) is 6.58 Å². The summed E-state index contributed by atoms with van der Waals surface area (Å²) in [5.74, 6) is 1.62. The van der Waals surface area contributed by atoms with Crippen molar-refractivity contribution in [2.75, 3.05) is 26.9 Å². The van der Waals surface area contributed by atoms with Crippen LogP contribution in [0.3, 0.4) is 0 Å². The molecule has 2 aromatic rings. The van der Waals surface area contributed by atoms with Crippen LogP contribution in [0.25, 0.3) is 6.08 Å². The maximum absolute atomic E-state index is 12.5. The third kappa shape index (κ3) is 5.36. The van der Waals surface area contributed by atoms with Crippen LogP contribution in [0.15, 0.2) is 60.0 Å². The SMILES string of the molecule is C=CCN1C(=O)/C(=C\c2ccc(OCCOc3ccccc3Cl)c(OC)c2)SC1=S. The van der Waals surface area contributed by atoms with Crippen LogP contribution in [0.4, 0.5) is 0 Å². The molecule has 30 heavy (non-hydrogen) atoms. The molecule has 0 saturated carbocycles. The predicted molar refractivity (Wildman–Crippen MR) is 126 cm³/mol.